The largest absolute Gasteiger partial charge is 0.377 e. The fourth-order valence-corrected chi connectivity index (χ4v) is 1.88. The highest BCUT2D eigenvalue weighted by Gasteiger charge is 2.40. The Bertz CT molecular complexity index is 244. The average Bonchev–Trinajstić information content (AvgIpc) is 2.70. The van der Waals surface area contributed by atoms with Crippen LogP contribution in [0.15, 0.2) is 0 Å². The number of likely N-dealkylation sites (tertiary alicyclic amines) is 1. The zero-order chi connectivity index (χ0) is 12.3. The first-order valence-corrected chi connectivity index (χ1v) is 5.51. The van der Waals surface area contributed by atoms with Gasteiger partial charge in [0.1, 0.15) is 12.2 Å². The van der Waals surface area contributed by atoms with E-state index in [1.54, 1.807) is 19.1 Å². The SMILES string of the molecule is COC1CN(C(=O)C(C)(C)CN)CC1OC. The van der Waals surface area contributed by atoms with E-state index in [4.69, 9.17) is 15.2 Å². The lowest BCUT2D eigenvalue weighted by atomic mass is 9.92. The van der Waals surface area contributed by atoms with Gasteiger partial charge < -0.3 is 20.1 Å². The van der Waals surface area contributed by atoms with Gasteiger partial charge in [-0.25, -0.2) is 0 Å². The minimum atomic E-state index is -0.513. The smallest absolute Gasteiger partial charge is 0.229 e. The second-order valence-corrected chi connectivity index (χ2v) is 4.85. The molecule has 1 saturated heterocycles. The van der Waals surface area contributed by atoms with Gasteiger partial charge in [-0.3, -0.25) is 4.79 Å². The molecule has 1 heterocycles. The summed E-state index contributed by atoms with van der Waals surface area (Å²) in [7, 11) is 3.28. The maximum atomic E-state index is 12.2. The molecule has 0 aromatic rings. The van der Waals surface area contributed by atoms with Gasteiger partial charge in [0.15, 0.2) is 0 Å². The molecule has 1 aliphatic rings. The molecular weight excluding hydrogens is 208 g/mol. The van der Waals surface area contributed by atoms with E-state index in [-0.39, 0.29) is 18.1 Å². The van der Waals surface area contributed by atoms with E-state index in [1.807, 2.05) is 13.8 Å². The number of nitrogens with zero attached hydrogens (tertiary/aromatic N) is 1. The number of carbonyl (C=O) groups excluding carboxylic acids is 1. The van der Waals surface area contributed by atoms with Crippen LogP contribution in [0, 0.1) is 5.41 Å². The van der Waals surface area contributed by atoms with Crippen LogP contribution in [0.4, 0.5) is 0 Å². The van der Waals surface area contributed by atoms with Gasteiger partial charge in [0, 0.05) is 33.9 Å². The van der Waals surface area contributed by atoms with Gasteiger partial charge in [0.2, 0.25) is 5.91 Å². The zero-order valence-corrected chi connectivity index (χ0v) is 10.5. The van der Waals surface area contributed by atoms with E-state index < -0.39 is 5.41 Å². The molecule has 5 heteroatoms. The monoisotopic (exact) mass is 230 g/mol. The lowest BCUT2D eigenvalue weighted by Gasteiger charge is -2.27. The van der Waals surface area contributed by atoms with E-state index in [0.717, 1.165) is 0 Å². The van der Waals surface area contributed by atoms with Crippen LogP contribution in [0.5, 0.6) is 0 Å². The van der Waals surface area contributed by atoms with Gasteiger partial charge in [-0.05, 0) is 13.8 Å². The van der Waals surface area contributed by atoms with Crippen molar-refractivity contribution in [2.45, 2.75) is 26.1 Å². The summed E-state index contributed by atoms with van der Waals surface area (Å²) < 4.78 is 10.6. The van der Waals surface area contributed by atoms with Crippen molar-refractivity contribution in [3.05, 3.63) is 0 Å². The minimum absolute atomic E-state index is 0.0393. The average molecular weight is 230 g/mol. The molecule has 5 nitrogen and oxygen atoms in total. The Hall–Kier alpha value is -0.650. The van der Waals surface area contributed by atoms with E-state index in [0.29, 0.717) is 19.6 Å². The molecule has 2 unspecified atom stereocenters. The van der Waals surface area contributed by atoms with Gasteiger partial charge in [-0.2, -0.15) is 0 Å². The number of rotatable bonds is 4. The van der Waals surface area contributed by atoms with E-state index in [1.165, 1.54) is 0 Å². The Balaban J connectivity index is 2.67. The molecule has 0 bridgehead atoms. The molecule has 0 aromatic carbocycles. The Morgan fingerprint density at radius 1 is 1.31 bits per heavy atom. The second-order valence-electron chi connectivity index (χ2n) is 4.85. The fourth-order valence-electron chi connectivity index (χ4n) is 1.88. The summed E-state index contributed by atoms with van der Waals surface area (Å²) in [6, 6.07) is 0. The summed E-state index contributed by atoms with van der Waals surface area (Å²) in [5.74, 6) is 0.0663. The molecule has 0 saturated carbocycles. The molecule has 0 radical (unpaired) electrons. The summed E-state index contributed by atoms with van der Waals surface area (Å²) >= 11 is 0. The molecule has 2 atom stereocenters. The third-order valence-corrected chi connectivity index (χ3v) is 3.20. The summed E-state index contributed by atoms with van der Waals surface area (Å²) in [5, 5.41) is 0. The lowest BCUT2D eigenvalue weighted by Crippen LogP contribution is -2.44. The van der Waals surface area contributed by atoms with Gasteiger partial charge in [0.05, 0.1) is 5.41 Å². The van der Waals surface area contributed by atoms with Gasteiger partial charge in [0.25, 0.3) is 0 Å². The molecule has 2 N–H and O–H groups in total. The van der Waals surface area contributed by atoms with Crippen molar-refractivity contribution in [1.82, 2.24) is 4.90 Å². The molecule has 0 aliphatic carbocycles. The molecule has 1 fully saturated rings. The van der Waals surface area contributed by atoms with Crippen molar-refractivity contribution in [3.8, 4) is 0 Å². The van der Waals surface area contributed by atoms with E-state index in [9.17, 15) is 4.79 Å². The van der Waals surface area contributed by atoms with Crippen molar-refractivity contribution in [2.24, 2.45) is 11.1 Å². The zero-order valence-electron chi connectivity index (χ0n) is 10.5. The van der Waals surface area contributed by atoms with Crippen LogP contribution in [-0.2, 0) is 14.3 Å². The topological polar surface area (TPSA) is 64.8 Å². The highest BCUT2D eigenvalue weighted by Crippen LogP contribution is 2.23. The molecule has 0 aromatic heterocycles. The van der Waals surface area contributed by atoms with Crippen LogP contribution in [0.1, 0.15) is 13.8 Å². The molecule has 1 aliphatic heterocycles. The quantitative estimate of drug-likeness (QED) is 0.729. The first-order chi connectivity index (χ1) is 7.46. The predicted molar refractivity (Wildman–Crippen MR) is 61.0 cm³/mol. The standard InChI is InChI=1S/C11H22N2O3/c1-11(2,7-12)10(14)13-5-8(15-3)9(6-13)16-4/h8-9H,5-7,12H2,1-4H3. The van der Waals surface area contributed by atoms with Crippen LogP contribution in [0.3, 0.4) is 0 Å². The van der Waals surface area contributed by atoms with Crippen molar-refractivity contribution in [3.63, 3.8) is 0 Å². The highest BCUT2D eigenvalue weighted by atomic mass is 16.5. The molecule has 1 amide bonds. The number of hydrogen-bond donors (Lipinski definition) is 1. The number of carbonyl (C=O) groups is 1. The molecule has 1 rings (SSSR count). The normalized spacial score (nSPS) is 26.2. The lowest BCUT2D eigenvalue weighted by molar-refractivity contribution is -0.139. The maximum absolute atomic E-state index is 12.2. The highest BCUT2D eigenvalue weighted by molar-refractivity contribution is 5.82. The molecule has 0 spiro atoms. The van der Waals surface area contributed by atoms with Crippen molar-refractivity contribution in [1.29, 1.82) is 0 Å². The van der Waals surface area contributed by atoms with E-state index >= 15 is 0 Å². The Labute approximate surface area is 96.9 Å². The number of hydrogen-bond acceptors (Lipinski definition) is 4. The summed E-state index contributed by atoms with van der Waals surface area (Å²) in [6.45, 7) is 5.22. The van der Waals surface area contributed by atoms with Gasteiger partial charge in [-0.1, -0.05) is 0 Å². The van der Waals surface area contributed by atoms with Gasteiger partial charge in [-0.15, -0.1) is 0 Å². The van der Waals surface area contributed by atoms with Crippen molar-refractivity contribution >= 4 is 5.91 Å². The third-order valence-electron chi connectivity index (χ3n) is 3.20. The number of ether oxygens (including phenoxy) is 2. The summed E-state index contributed by atoms with van der Waals surface area (Å²) in [5.41, 5.74) is 5.09. The Kier molecular flexibility index (Phi) is 4.29. The summed E-state index contributed by atoms with van der Waals surface area (Å²) in [4.78, 5) is 13.9. The predicted octanol–water partition coefficient (Wildman–Crippen LogP) is -0.156. The van der Waals surface area contributed by atoms with Crippen LogP contribution >= 0.6 is 0 Å². The van der Waals surface area contributed by atoms with Crippen molar-refractivity contribution < 1.29 is 14.3 Å². The first-order valence-electron chi connectivity index (χ1n) is 5.51. The molecule has 16 heavy (non-hydrogen) atoms. The minimum Gasteiger partial charge on any atom is -0.377 e. The number of methoxy groups -OCH3 is 2. The van der Waals surface area contributed by atoms with Gasteiger partial charge >= 0.3 is 0 Å². The van der Waals surface area contributed by atoms with E-state index in [2.05, 4.69) is 0 Å². The Morgan fingerprint density at radius 2 is 1.75 bits per heavy atom. The number of nitrogens with two attached hydrogens (primary N) is 1. The molecule has 94 valence electrons. The fraction of sp³-hybridized carbons (Fsp3) is 0.909. The summed E-state index contributed by atoms with van der Waals surface area (Å²) in [6.07, 6.45) is -0.0787. The van der Waals surface area contributed by atoms with Crippen LogP contribution < -0.4 is 5.73 Å². The molecular formula is C11H22N2O3. The third kappa shape index (κ3) is 2.53. The second kappa shape index (κ2) is 5.12. The number of amides is 1. The van der Waals surface area contributed by atoms with Crippen LogP contribution in [0.2, 0.25) is 0 Å². The van der Waals surface area contributed by atoms with Crippen LogP contribution in [-0.4, -0.2) is 56.9 Å². The first kappa shape index (κ1) is 13.4. The maximum Gasteiger partial charge on any atom is 0.229 e. The van der Waals surface area contributed by atoms with Crippen molar-refractivity contribution in [2.75, 3.05) is 33.9 Å². The van der Waals surface area contributed by atoms with Crippen LogP contribution in [0.25, 0.3) is 0 Å². The Morgan fingerprint density at radius 3 is 2.06 bits per heavy atom.